The van der Waals surface area contributed by atoms with E-state index in [9.17, 15) is 5.11 Å². The number of phenols is 1. The third-order valence-corrected chi connectivity index (χ3v) is 3.23. The van der Waals surface area contributed by atoms with Gasteiger partial charge in [-0.05, 0) is 40.2 Å². The molecule has 0 aliphatic heterocycles. The molecule has 0 aliphatic rings. The second kappa shape index (κ2) is 3.89. The summed E-state index contributed by atoms with van der Waals surface area (Å²) in [5.41, 5.74) is 1.70. The molecule has 3 rings (SSSR count). The number of benzene rings is 1. The van der Waals surface area contributed by atoms with E-state index in [-0.39, 0.29) is 5.75 Å². The zero-order chi connectivity index (χ0) is 11.8. The van der Waals surface area contributed by atoms with E-state index in [1.807, 2.05) is 40.9 Å². The van der Waals surface area contributed by atoms with Gasteiger partial charge >= 0.3 is 0 Å². The lowest BCUT2D eigenvalue weighted by atomic mass is 10.2. The zero-order valence-corrected chi connectivity index (χ0v) is 10.4. The minimum Gasteiger partial charge on any atom is -0.507 e. The van der Waals surface area contributed by atoms with Gasteiger partial charge in [-0.3, -0.25) is 4.40 Å². The zero-order valence-electron chi connectivity index (χ0n) is 8.84. The summed E-state index contributed by atoms with van der Waals surface area (Å²) >= 11 is 3.43. The molecular weight excluding hydrogens is 280 g/mol. The average molecular weight is 289 g/mol. The maximum absolute atomic E-state index is 9.86. The normalized spacial score (nSPS) is 10.9. The van der Waals surface area contributed by atoms with Crippen molar-refractivity contribution < 1.29 is 5.11 Å². The van der Waals surface area contributed by atoms with E-state index in [2.05, 4.69) is 20.9 Å². The second-order valence-corrected chi connectivity index (χ2v) is 4.45. The third-order valence-electron chi connectivity index (χ3n) is 2.65. The highest BCUT2D eigenvalue weighted by molar-refractivity contribution is 9.10. The fourth-order valence-corrected chi connectivity index (χ4v) is 2.34. The van der Waals surface area contributed by atoms with Crippen LogP contribution in [-0.2, 0) is 0 Å². The van der Waals surface area contributed by atoms with E-state index in [0.717, 1.165) is 21.5 Å². The number of aromatic nitrogens is 2. The van der Waals surface area contributed by atoms with Gasteiger partial charge in [0.05, 0.1) is 11.1 Å². The maximum Gasteiger partial charge on any atom is 0.149 e. The van der Waals surface area contributed by atoms with Crippen molar-refractivity contribution in [3.8, 4) is 17.1 Å². The molecule has 2 aromatic heterocycles. The van der Waals surface area contributed by atoms with Crippen LogP contribution in [-0.4, -0.2) is 14.5 Å². The largest absolute Gasteiger partial charge is 0.507 e. The van der Waals surface area contributed by atoms with Crippen LogP contribution in [0.4, 0.5) is 0 Å². The summed E-state index contributed by atoms with van der Waals surface area (Å²) in [7, 11) is 0. The number of hydrogen-bond donors (Lipinski definition) is 1. The molecule has 0 amide bonds. The van der Waals surface area contributed by atoms with Crippen LogP contribution in [0.5, 0.6) is 5.75 Å². The molecule has 2 heterocycles. The molecule has 1 aromatic carbocycles. The monoisotopic (exact) mass is 288 g/mol. The molecule has 17 heavy (non-hydrogen) atoms. The maximum atomic E-state index is 9.86. The number of para-hydroxylation sites is 1. The van der Waals surface area contributed by atoms with Crippen LogP contribution >= 0.6 is 15.9 Å². The molecule has 0 atom stereocenters. The Morgan fingerprint density at radius 3 is 2.65 bits per heavy atom. The van der Waals surface area contributed by atoms with Crippen molar-refractivity contribution in [2.75, 3.05) is 0 Å². The molecule has 3 nitrogen and oxygen atoms in total. The van der Waals surface area contributed by atoms with Crippen LogP contribution in [0.3, 0.4) is 0 Å². The summed E-state index contributed by atoms with van der Waals surface area (Å²) in [5.74, 6) is 0.960. The van der Waals surface area contributed by atoms with Crippen LogP contribution in [0.15, 0.2) is 53.3 Å². The van der Waals surface area contributed by atoms with Gasteiger partial charge in [0.25, 0.3) is 0 Å². The molecule has 84 valence electrons. The predicted molar refractivity (Wildman–Crippen MR) is 70.0 cm³/mol. The lowest BCUT2D eigenvalue weighted by Gasteiger charge is -2.02. The van der Waals surface area contributed by atoms with Crippen LogP contribution in [0.2, 0.25) is 0 Å². The Kier molecular flexibility index (Phi) is 2.37. The molecule has 1 N–H and O–H groups in total. The summed E-state index contributed by atoms with van der Waals surface area (Å²) in [6.45, 7) is 0. The molecule has 0 unspecified atom stereocenters. The van der Waals surface area contributed by atoms with Crippen LogP contribution in [0.25, 0.3) is 16.9 Å². The summed E-state index contributed by atoms with van der Waals surface area (Å²) in [6, 6.07) is 13.1. The smallest absolute Gasteiger partial charge is 0.149 e. The number of pyridine rings is 1. The highest BCUT2D eigenvalue weighted by Crippen LogP contribution is 2.31. The predicted octanol–water partition coefficient (Wildman–Crippen LogP) is 3.47. The van der Waals surface area contributed by atoms with Gasteiger partial charge in [0.15, 0.2) is 0 Å². The fraction of sp³-hybridized carbons (Fsp3) is 0. The number of nitrogens with zero attached hydrogens (tertiary/aromatic N) is 2. The Bertz CT molecular complexity index is 691. The lowest BCUT2D eigenvalue weighted by molar-refractivity contribution is 0.477. The lowest BCUT2D eigenvalue weighted by Crippen LogP contribution is -1.88. The van der Waals surface area contributed by atoms with Gasteiger partial charge in [0.2, 0.25) is 0 Å². The summed E-state index contributed by atoms with van der Waals surface area (Å²) in [4.78, 5) is 4.44. The standard InChI is InChI=1S/C13H9BrN2O/c14-12-10-6-3-4-8-16(10)13(15-12)9-5-1-2-7-11(9)17/h1-8,17H. The minimum atomic E-state index is 0.232. The van der Waals surface area contributed by atoms with E-state index in [0.29, 0.717) is 0 Å². The van der Waals surface area contributed by atoms with Gasteiger partial charge in [0, 0.05) is 6.20 Å². The topological polar surface area (TPSA) is 37.5 Å². The van der Waals surface area contributed by atoms with E-state index < -0.39 is 0 Å². The van der Waals surface area contributed by atoms with Gasteiger partial charge < -0.3 is 5.11 Å². The van der Waals surface area contributed by atoms with Gasteiger partial charge in [0.1, 0.15) is 16.2 Å². The van der Waals surface area contributed by atoms with Crippen molar-refractivity contribution in [2.24, 2.45) is 0 Å². The highest BCUT2D eigenvalue weighted by atomic mass is 79.9. The number of phenolic OH excluding ortho intramolecular Hbond substituents is 1. The van der Waals surface area contributed by atoms with Gasteiger partial charge in [-0.25, -0.2) is 4.98 Å². The summed E-state index contributed by atoms with van der Waals surface area (Å²) in [6.07, 6.45) is 1.93. The Labute approximate surface area is 106 Å². The summed E-state index contributed by atoms with van der Waals surface area (Å²) < 4.78 is 2.72. The number of halogens is 1. The van der Waals surface area contributed by atoms with Crippen molar-refractivity contribution in [3.05, 3.63) is 53.3 Å². The highest BCUT2D eigenvalue weighted by Gasteiger charge is 2.12. The SMILES string of the molecule is Oc1ccccc1-c1nc(Br)c2ccccn12. The van der Waals surface area contributed by atoms with E-state index in [4.69, 9.17) is 0 Å². The molecule has 0 radical (unpaired) electrons. The van der Waals surface area contributed by atoms with Crippen molar-refractivity contribution in [1.29, 1.82) is 0 Å². The second-order valence-electron chi connectivity index (χ2n) is 3.70. The molecule has 0 spiro atoms. The van der Waals surface area contributed by atoms with E-state index >= 15 is 0 Å². The van der Waals surface area contributed by atoms with Crippen LogP contribution < -0.4 is 0 Å². The molecule has 4 heteroatoms. The van der Waals surface area contributed by atoms with Crippen molar-refractivity contribution in [3.63, 3.8) is 0 Å². The third kappa shape index (κ3) is 1.61. The molecular formula is C13H9BrN2O. The number of rotatable bonds is 1. The molecule has 0 saturated heterocycles. The number of fused-ring (bicyclic) bond motifs is 1. The molecule has 3 aromatic rings. The number of imidazole rings is 1. The van der Waals surface area contributed by atoms with Crippen molar-refractivity contribution in [1.82, 2.24) is 9.38 Å². The Balaban J connectivity index is 2.35. The quantitative estimate of drug-likeness (QED) is 0.744. The molecule has 0 bridgehead atoms. The number of hydrogen-bond acceptors (Lipinski definition) is 2. The van der Waals surface area contributed by atoms with E-state index in [1.165, 1.54) is 0 Å². The first kappa shape index (κ1) is 10.4. The van der Waals surface area contributed by atoms with Gasteiger partial charge in [-0.2, -0.15) is 0 Å². The first-order chi connectivity index (χ1) is 8.27. The Morgan fingerprint density at radius 1 is 1.06 bits per heavy atom. The first-order valence-electron chi connectivity index (χ1n) is 5.18. The summed E-state index contributed by atoms with van der Waals surface area (Å²) in [5, 5.41) is 9.86. The Morgan fingerprint density at radius 2 is 1.82 bits per heavy atom. The van der Waals surface area contributed by atoms with E-state index in [1.54, 1.807) is 12.1 Å². The molecule has 0 aliphatic carbocycles. The van der Waals surface area contributed by atoms with Crippen molar-refractivity contribution >= 4 is 21.4 Å². The van der Waals surface area contributed by atoms with Crippen LogP contribution in [0, 0.1) is 0 Å². The number of aromatic hydroxyl groups is 1. The van der Waals surface area contributed by atoms with Crippen LogP contribution in [0.1, 0.15) is 0 Å². The molecule has 0 fully saturated rings. The average Bonchev–Trinajstić information content (AvgIpc) is 2.68. The van der Waals surface area contributed by atoms with Crippen molar-refractivity contribution in [2.45, 2.75) is 0 Å². The minimum absolute atomic E-state index is 0.232. The van der Waals surface area contributed by atoms with Gasteiger partial charge in [-0.15, -0.1) is 0 Å². The van der Waals surface area contributed by atoms with Gasteiger partial charge in [-0.1, -0.05) is 18.2 Å². The molecule has 0 saturated carbocycles. The fourth-order valence-electron chi connectivity index (χ4n) is 1.85. The Hall–Kier alpha value is -1.81. The first-order valence-corrected chi connectivity index (χ1v) is 5.97.